The smallest absolute Gasteiger partial charge is 0.243 e. The molecule has 0 radical (unpaired) electrons. The molecule has 3 aromatic rings. The lowest BCUT2D eigenvalue weighted by Gasteiger charge is -2.22. The molecular weight excluding hydrogens is 296 g/mol. The maximum atomic E-state index is 6.17. The highest BCUT2D eigenvalue weighted by Crippen LogP contribution is 2.36. The molecule has 0 atom stereocenters. The Morgan fingerprint density at radius 2 is 1.54 bits per heavy atom. The highest BCUT2D eigenvalue weighted by molar-refractivity contribution is 5.64. The Balaban J connectivity index is 1.92. The van der Waals surface area contributed by atoms with E-state index in [1.54, 1.807) is 6.20 Å². The molecule has 1 heterocycles. The van der Waals surface area contributed by atoms with Gasteiger partial charge in [-0.2, -0.15) is 0 Å². The molecule has 1 N–H and O–H groups in total. The third kappa shape index (κ3) is 3.74. The second-order valence-electron chi connectivity index (χ2n) is 6.70. The van der Waals surface area contributed by atoms with E-state index in [0.29, 0.717) is 5.88 Å². The molecule has 1 aromatic heterocycles. The lowest BCUT2D eigenvalue weighted by atomic mass is 9.86. The third-order valence-electron chi connectivity index (χ3n) is 3.73. The minimum Gasteiger partial charge on any atom is -0.437 e. The first-order chi connectivity index (χ1) is 11.5. The molecule has 3 nitrogen and oxygen atoms in total. The van der Waals surface area contributed by atoms with Gasteiger partial charge in [0.15, 0.2) is 0 Å². The molecule has 0 saturated heterocycles. The van der Waals surface area contributed by atoms with Gasteiger partial charge in [-0.25, -0.2) is 4.98 Å². The molecule has 2 aromatic carbocycles. The van der Waals surface area contributed by atoms with Crippen molar-refractivity contribution >= 4 is 11.4 Å². The van der Waals surface area contributed by atoms with E-state index in [1.807, 2.05) is 60.7 Å². The third-order valence-corrected chi connectivity index (χ3v) is 3.73. The zero-order valence-electron chi connectivity index (χ0n) is 14.3. The van der Waals surface area contributed by atoms with Crippen molar-refractivity contribution in [3.05, 3.63) is 78.5 Å². The Morgan fingerprint density at radius 3 is 2.29 bits per heavy atom. The Bertz CT molecular complexity index is 807. The van der Waals surface area contributed by atoms with E-state index >= 15 is 0 Å². The van der Waals surface area contributed by atoms with Crippen LogP contribution in [0.3, 0.4) is 0 Å². The number of hydrogen-bond donors (Lipinski definition) is 1. The van der Waals surface area contributed by atoms with Gasteiger partial charge >= 0.3 is 0 Å². The molecule has 0 aliphatic heterocycles. The van der Waals surface area contributed by atoms with Crippen LogP contribution in [0.1, 0.15) is 26.3 Å². The van der Waals surface area contributed by atoms with E-state index in [9.17, 15) is 0 Å². The van der Waals surface area contributed by atoms with Crippen molar-refractivity contribution < 1.29 is 4.74 Å². The van der Waals surface area contributed by atoms with Crippen LogP contribution in [0.15, 0.2) is 72.9 Å². The average molecular weight is 318 g/mol. The maximum absolute atomic E-state index is 6.17. The van der Waals surface area contributed by atoms with Gasteiger partial charge in [-0.1, -0.05) is 57.2 Å². The van der Waals surface area contributed by atoms with Crippen molar-refractivity contribution in [1.82, 2.24) is 4.98 Å². The number of aromatic nitrogens is 1. The summed E-state index contributed by atoms with van der Waals surface area (Å²) in [6.45, 7) is 6.53. The summed E-state index contributed by atoms with van der Waals surface area (Å²) in [5.41, 5.74) is 2.99. The molecule has 0 aliphatic carbocycles. The fourth-order valence-electron chi connectivity index (χ4n) is 2.52. The van der Waals surface area contributed by atoms with Gasteiger partial charge in [-0.05, 0) is 35.7 Å². The molecule has 0 saturated carbocycles. The predicted octanol–water partition coefficient (Wildman–Crippen LogP) is 5.92. The predicted molar refractivity (Wildman–Crippen MR) is 99.2 cm³/mol. The van der Waals surface area contributed by atoms with Gasteiger partial charge in [0.05, 0.1) is 0 Å². The maximum Gasteiger partial charge on any atom is 0.243 e. The number of rotatable bonds is 4. The van der Waals surface area contributed by atoms with Crippen LogP contribution in [-0.4, -0.2) is 4.98 Å². The largest absolute Gasteiger partial charge is 0.437 e. The summed E-state index contributed by atoms with van der Waals surface area (Å²) in [4.78, 5) is 4.41. The molecule has 0 aliphatic rings. The molecule has 0 fully saturated rings. The summed E-state index contributed by atoms with van der Waals surface area (Å²) in [5, 5.41) is 3.36. The van der Waals surface area contributed by atoms with Crippen molar-refractivity contribution in [2.24, 2.45) is 0 Å². The second kappa shape index (κ2) is 6.75. The summed E-state index contributed by atoms with van der Waals surface area (Å²) in [5.74, 6) is 1.40. The highest BCUT2D eigenvalue weighted by atomic mass is 16.5. The van der Waals surface area contributed by atoms with Crippen LogP contribution in [0.2, 0.25) is 0 Å². The fourth-order valence-corrected chi connectivity index (χ4v) is 2.52. The minimum absolute atomic E-state index is 0.00159. The zero-order chi connectivity index (χ0) is 17.0. The summed E-state index contributed by atoms with van der Waals surface area (Å²) >= 11 is 0. The van der Waals surface area contributed by atoms with E-state index in [4.69, 9.17) is 4.74 Å². The van der Waals surface area contributed by atoms with Crippen molar-refractivity contribution in [2.75, 3.05) is 5.32 Å². The van der Waals surface area contributed by atoms with Crippen LogP contribution < -0.4 is 10.1 Å². The summed E-state index contributed by atoms with van der Waals surface area (Å²) in [6.07, 6.45) is 1.74. The molecule has 0 spiro atoms. The molecule has 3 rings (SSSR count). The summed E-state index contributed by atoms with van der Waals surface area (Å²) in [7, 11) is 0. The second-order valence-corrected chi connectivity index (χ2v) is 6.70. The van der Waals surface area contributed by atoms with Gasteiger partial charge in [-0.15, -0.1) is 0 Å². The number of ether oxygens (including phenoxy) is 1. The van der Waals surface area contributed by atoms with Crippen molar-refractivity contribution in [2.45, 2.75) is 26.2 Å². The Labute approximate surface area is 143 Å². The standard InChI is InChI=1S/C21H22N2O/c1-21(2,3)17-12-7-8-14-19(17)24-20-18(13-9-15-22-20)23-16-10-5-4-6-11-16/h4-15,23H,1-3H3. The SMILES string of the molecule is CC(C)(C)c1ccccc1Oc1ncccc1Nc1ccccc1. The number of nitrogens with zero attached hydrogens (tertiary/aromatic N) is 1. The van der Waals surface area contributed by atoms with E-state index in [2.05, 4.69) is 37.1 Å². The normalized spacial score (nSPS) is 11.1. The number of hydrogen-bond acceptors (Lipinski definition) is 3. The topological polar surface area (TPSA) is 34.1 Å². The van der Waals surface area contributed by atoms with Crippen molar-refractivity contribution in [1.29, 1.82) is 0 Å². The van der Waals surface area contributed by atoms with Gasteiger partial charge < -0.3 is 10.1 Å². The van der Waals surface area contributed by atoms with E-state index in [0.717, 1.165) is 22.7 Å². The van der Waals surface area contributed by atoms with Gasteiger partial charge in [0.2, 0.25) is 5.88 Å². The molecule has 24 heavy (non-hydrogen) atoms. The lowest BCUT2D eigenvalue weighted by molar-refractivity contribution is 0.442. The first-order valence-corrected chi connectivity index (χ1v) is 8.08. The number of benzene rings is 2. The van der Waals surface area contributed by atoms with Crippen LogP contribution in [0.4, 0.5) is 11.4 Å². The number of pyridine rings is 1. The summed E-state index contributed by atoms with van der Waals surface area (Å²) in [6, 6.07) is 22.0. The number of para-hydroxylation sites is 2. The van der Waals surface area contributed by atoms with Crippen LogP contribution >= 0.6 is 0 Å². The monoisotopic (exact) mass is 318 g/mol. The molecule has 122 valence electrons. The Kier molecular flexibility index (Phi) is 4.52. The zero-order valence-corrected chi connectivity index (χ0v) is 14.3. The quantitative estimate of drug-likeness (QED) is 0.649. The summed E-state index contributed by atoms with van der Waals surface area (Å²) < 4.78 is 6.17. The van der Waals surface area contributed by atoms with Crippen LogP contribution in [0, 0.1) is 0 Å². The van der Waals surface area contributed by atoms with E-state index < -0.39 is 0 Å². The Hall–Kier alpha value is -2.81. The van der Waals surface area contributed by atoms with Crippen molar-refractivity contribution in [3.8, 4) is 11.6 Å². The van der Waals surface area contributed by atoms with Gasteiger partial charge in [-0.3, -0.25) is 0 Å². The van der Waals surface area contributed by atoms with E-state index in [-0.39, 0.29) is 5.41 Å². The lowest BCUT2D eigenvalue weighted by Crippen LogP contribution is -2.12. The first kappa shape index (κ1) is 16.1. The fraction of sp³-hybridized carbons (Fsp3) is 0.190. The van der Waals surface area contributed by atoms with Gasteiger partial charge in [0.1, 0.15) is 11.4 Å². The van der Waals surface area contributed by atoms with Crippen LogP contribution in [0.5, 0.6) is 11.6 Å². The van der Waals surface area contributed by atoms with Crippen molar-refractivity contribution in [3.63, 3.8) is 0 Å². The number of anilines is 2. The average Bonchev–Trinajstić information content (AvgIpc) is 2.57. The van der Waals surface area contributed by atoms with Gasteiger partial charge in [0, 0.05) is 17.4 Å². The molecular formula is C21H22N2O. The van der Waals surface area contributed by atoms with Gasteiger partial charge in [0.25, 0.3) is 0 Å². The molecule has 0 unspecified atom stereocenters. The van der Waals surface area contributed by atoms with E-state index in [1.165, 1.54) is 0 Å². The highest BCUT2D eigenvalue weighted by Gasteiger charge is 2.19. The molecule has 3 heteroatoms. The molecule has 0 amide bonds. The molecule has 0 bridgehead atoms. The minimum atomic E-state index is -0.00159. The van der Waals surface area contributed by atoms with Crippen LogP contribution in [0.25, 0.3) is 0 Å². The Morgan fingerprint density at radius 1 is 0.833 bits per heavy atom. The number of nitrogens with one attached hydrogen (secondary N) is 1. The first-order valence-electron chi connectivity index (χ1n) is 8.08. The van der Waals surface area contributed by atoms with Crippen LogP contribution in [-0.2, 0) is 5.41 Å².